The van der Waals surface area contributed by atoms with Crippen molar-refractivity contribution in [3.8, 4) is 0 Å². The number of nitrogens with zero attached hydrogens (tertiary/aromatic N) is 1. The summed E-state index contributed by atoms with van der Waals surface area (Å²) in [5.74, 6) is 0.501. The second kappa shape index (κ2) is 7.38. The van der Waals surface area contributed by atoms with Crippen LogP contribution in [0, 0.1) is 5.92 Å². The molecule has 1 heterocycles. The molecule has 0 aromatic carbocycles. The van der Waals surface area contributed by atoms with E-state index >= 15 is 0 Å². The Kier molecular flexibility index (Phi) is 6.46. The van der Waals surface area contributed by atoms with Gasteiger partial charge in [-0.15, -0.1) is 11.3 Å². The van der Waals surface area contributed by atoms with Crippen molar-refractivity contribution in [1.82, 2.24) is 9.62 Å². The maximum atomic E-state index is 12.5. The van der Waals surface area contributed by atoms with Crippen molar-refractivity contribution in [2.45, 2.75) is 38.6 Å². The Morgan fingerprint density at radius 1 is 1.42 bits per heavy atom. The number of thiophene rings is 1. The highest BCUT2D eigenvalue weighted by Crippen LogP contribution is 2.24. The molecule has 0 saturated carbocycles. The lowest BCUT2D eigenvalue weighted by Crippen LogP contribution is -2.29. The molecule has 1 aromatic heterocycles. The van der Waals surface area contributed by atoms with Crippen LogP contribution in [0.25, 0.3) is 0 Å². The van der Waals surface area contributed by atoms with Crippen molar-refractivity contribution in [2.24, 2.45) is 5.92 Å². The average molecular weight is 304 g/mol. The first kappa shape index (κ1) is 16.6. The Morgan fingerprint density at radius 3 is 2.68 bits per heavy atom. The van der Waals surface area contributed by atoms with E-state index in [1.54, 1.807) is 13.1 Å². The van der Waals surface area contributed by atoms with Crippen molar-refractivity contribution in [3.63, 3.8) is 0 Å². The molecule has 4 nitrogen and oxygen atoms in total. The minimum absolute atomic E-state index is 0.449. The van der Waals surface area contributed by atoms with Gasteiger partial charge in [0.05, 0.1) is 4.90 Å². The van der Waals surface area contributed by atoms with Gasteiger partial charge in [0.2, 0.25) is 10.0 Å². The molecule has 0 aliphatic heterocycles. The third-order valence-electron chi connectivity index (χ3n) is 2.95. The predicted octanol–water partition coefficient (Wildman–Crippen LogP) is 2.52. The van der Waals surface area contributed by atoms with E-state index < -0.39 is 10.0 Å². The van der Waals surface area contributed by atoms with Gasteiger partial charge in [-0.05, 0) is 30.3 Å². The molecule has 0 atom stereocenters. The molecule has 0 aliphatic carbocycles. The van der Waals surface area contributed by atoms with Gasteiger partial charge in [-0.3, -0.25) is 0 Å². The molecule has 0 unspecified atom stereocenters. The van der Waals surface area contributed by atoms with Crippen LogP contribution in [-0.2, 0) is 16.6 Å². The molecule has 110 valence electrons. The third kappa shape index (κ3) is 4.56. The first-order chi connectivity index (χ1) is 8.89. The SMILES string of the molecule is CCNCc1sccc1S(=O)(=O)N(C)CCC(C)C. The lowest BCUT2D eigenvalue weighted by Gasteiger charge is -2.18. The Hall–Kier alpha value is -0.430. The van der Waals surface area contributed by atoms with Gasteiger partial charge in [-0.1, -0.05) is 20.8 Å². The molecule has 0 radical (unpaired) electrons. The Morgan fingerprint density at radius 2 is 2.11 bits per heavy atom. The monoisotopic (exact) mass is 304 g/mol. The van der Waals surface area contributed by atoms with Gasteiger partial charge in [0.25, 0.3) is 0 Å². The fraction of sp³-hybridized carbons (Fsp3) is 0.692. The highest BCUT2D eigenvalue weighted by Gasteiger charge is 2.24. The molecule has 0 saturated heterocycles. The van der Waals surface area contributed by atoms with Crippen molar-refractivity contribution in [3.05, 3.63) is 16.3 Å². The number of rotatable bonds is 8. The first-order valence-electron chi connectivity index (χ1n) is 6.63. The molecule has 6 heteroatoms. The van der Waals surface area contributed by atoms with Crippen molar-refractivity contribution in [2.75, 3.05) is 20.1 Å². The van der Waals surface area contributed by atoms with Crippen molar-refractivity contribution < 1.29 is 8.42 Å². The van der Waals surface area contributed by atoms with Crippen LogP contribution in [0.4, 0.5) is 0 Å². The number of sulfonamides is 1. The molecule has 0 aliphatic rings. The summed E-state index contributed by atoms with van der Waals surface area (Å²) in [5.41, 5.74) is 0. The predicted molar refractivity (Wildman–Crippen MR) is 81.0 cm³/mol. The van der Waals surface area contributed by atoms with Crippen LogP contribution in [0.3, 0.4) is 0 Å². The third-order valence-corrected chi connectivity index (χ3v) is 5.94. The summed E-state index contributed by atoms with van der Waals surface area (Å²) in [7, 11) is -1.69. The van der Waals surface area contributed by atoms with Gasteiger partial charge >= 0.3 is 0 Å². The number of nitrogens with one attached hydrogen (secondary N) is 1. The van der Waals surface area contributed by atoms with Crippen LogP contribution >= 0.6 is 11.3 Å². The molecule has 1 aromatic rings. The molecule has 0 fully saturated rings. The van der Waals surface area contributed by atoms with E-state index in [0.717, 1.165) is 17.8 Å². The summed E-state index contributed by atoms with van der Waals surface area (Å²) < 4.78 is 26.5. The Balaban J connectivity index is 2.84. The van der Waals surface area contributed by atoms with Gasteiger partial charge in [0, 0.05) is 25.0 Å². The summed E-state index contributed by atoms with van der Waals surface area (Å²) in [5, 5.41) is 5.02. The van der Waals surface area contributed by atoms with E-state index in [2.05, 4.69) is 19.2 Å². The van der Waals surface area contributed by atoms with Gasteiger partial charge in [-0.25, -0.2) is 12.7 Å². The molecule has 1 rings (SSSR count). The average Bonchev–Trinajstić information content (AvgIpc) is 2.82. The Labute approximate surface area is 120 Å². The highest BCUT2D eigenvalue weighted by molar-refractivity contribution is 7.89. The van der Waals surface area contributed by atoms with E-state index in [1.807, 2.05) is 12.3 Å². The standard InChI is InChI=1S/C13H24N2O2S2/c1-5-14-10-12-13(7-9-18-12)19(16,17)15(4)8-6-11(2)3/h7,9,11,14H,5-6,8,10H2,1-4H3. The highest BCUT2D eigenvalue weighted by atomic mass is 32.2. The second-order valence-electron chi connectivity index (χ2n) is 5.00. The molecule has 0 spiro atoms. The van der Waals surface area contributed by atoms with Crippen LogP contribution in [0.5, 0.6) is 0 Å². The Bertz CT molecular complexity index is 481. The fourth-order valence-electron chi connectivity index (χ4n) is 1.65. The van der Waals surface area contributed by atoms with Gasteiger partial charge in [0.1, 0.15) is 0 Å². The van der Waals surface area contributed by atoms with Crippen LogP contribution in [0.2, 0.25) is 0 Å². The summed E-state index contributed by atoms with van der Waals surface area (Å²) in [4.78, 5) is 1.34. The van der Waals surface area contributed by atoms with Gasteiger partial charge < -0.3 is 5.32 Å². The van der Waals surface area contributed by atoms with Gasteiger partial charge in [-0.2, -0.15) is 0 Å². The summed E-state index contributed by atoms with van der Waals surface area (Å²) >= 11 is 1.49. The topological polar surface area (TPSA) is 49.4 Å². The van der Waals surface area contributed by atoms with Crippen molar-refractivity contribution >= 4 is 21.4 Å². The van der Waals surface area contributed by atoms with Gasteiger partial charge in [0.15, 0.2) is 0 Å². The largest absolute Gasteiger partial charge is 0.312 e. The van der Waals surface area contributed by atoms with E-state index in [1.165, 1.54) is 15.6 Å². The molecular formula is C13H24N2O2S2. The zero-order chi connectivity index (χ0) is 14.5. The maximum absolute atomic E-state index is 12.5. The quantitative estimate of drug-likeness (QED) is 0.803. The number of hydrogen-bond acceptors (Lipinski definition) is 4. The summed E-state index contributed by atoms with van der Waals surface area (Å²) in [6.45, 7) is 8.22. The molecule has 1 N–H and O–H groups in total. The lowest BCUT2D eigenvalue weighted by atomic mass is 10.1. The molecular weight excluding hydrogens is 280 g/mol. The normalized spacial score (nSPS) is 12.5. The minimum atomic E-state index is -3.35. The van der Waals surface area contributed by atoms with E-state index in [0.29, 0.717) is 23.9 Å². The number of hydrogen-bond donors (Lipinski definition) is 1. The zero-order valence-electron chi connectivity index (χ0n) is 12.1. The second-order valence-corrected chi connectivity index (χ2v) is 8.01. The zero-order valence-corrected chi connectivity index (χ0v) is 13.8. The van der Waals surface area contributed by atoms with Crippen LogP contribution < -0.4 is 5.32 Å². The van der Waals surface area contributed by atoms with Crippen molar-refractivity contribution in [1.29, 1.82) is 0 Å². The molecule has 0 bridgehead atoms. The van der Waals surface area contributed by atoms with E-state index in [-0.39, 0.29) is 0 Å². The summed E-state index contributed by atoms with van der Waals surface area (Å²) in [6.07, 6.45) is 0.877. The smallest absolute Gasteiger partial charge is 0.243 e. The molecule has 0 amide bonds. The van der Waals surface area contributed by atoms with Crippen LogP contribution in [0.1, 0.15) is 32.1 Å². The summed E-state index contributed by atoms with van der Waals surface area (Å²) in [6, 6.07) is 1.71. The maximum Gasteiger partial charge on any atom is 0.243 e. The minimum Gasteiger partial charge on any atom is -0.312 e. The molecule has 19 heavy (non-hydrogen) atoms. The van der Waals surface area contributed by atoms with E-state index in [4.69, 9.17) is 0 Å². The van der Waals surface area contributed by atoms with Crippen LogP contribution in [0.15, 0.2) is 16.3 Å². The lowest BCUT2D eigenvalue weighted by molar-refractivity contribution is 0.427. The van der Waals surface area contributed by atoms with E-state index in [9.17, 15) is 8.42 Å². The fourth-order valence-corrected chi connectivity index (χ4v) is 4.22. The van der Waals surface area contributed by atoms with Crippen LogP contribution in [-0.4, -0.2) is 32.9 Å². The first-order valence-corrected chi connectivity index (χ1v) is 8.95.